The first kappa shape index (κ1) is 11.0. The lowest BCUT2D eigenvalue weighted by atomic mass is 9.94. The highest BCUT2D eigenvalue weighted by atomic mass is 15.2. The second kappa shape index (κ2) is 5.63. The first-order chi connectivity index (χ1) is 6.81. The van der Waals surface area contributed by atoms with Crippen LogP contribution in [-0.2, 0) is 0 Å². The Bertz CT molecular complexity index is 222. The summed E-state index contributed by atoms with van der Waals surface area (Å²) in [4.78, 5) is 6.31. The summed E-state index contributed by atoms with van der Waals surface area (Å²) < 4.78 is 0. The van der Waals surface area contributed by atoms with Gasteiger partial charge in [-0.05, 0) is 31.6 Å². The second-order valence-electron chi connectivity index (χ2n) is 3.76. The molecule has 1 rings (SSSR count). The maximum atomic E-state index is 4.02. The molecule has 2 heteroatoms. The van der Waals surface area contributed by atoms with E-state index in [0.29, 0.717) is 0 Å². The molecule has 0 unspecified atom stereocenters. The van der Waals surface area contributed by atoms with Gasteiger partial charge in [-0.25, -0.2) is 4.99 Å². The Morgan fingerprint density at radius 2 is 2.14 bits per heavy atom. The van der Waals surface area contributed by atoms with E-state index in [4.69, 9.17) is 0 Å². The van der Waals surface area contributed by atoms with Gasteiger partial charge in [0.25, 0.3) is 0 Å². The van der Waals surface area contributed by atoms with Gasteiger partial charge in [-0.3, -0.25) is 0 Å². The number of nitrogens with zero attached hydrogens (tertiary/aromatic N) is 2. The van der Waals surface area contributed by atoms with Crippen molar-refractivity contribution in [3.63, 3.8) is 0 Å². The van der Waals surface area contributed by atoms with Crippen LogP contribution in [0.1, 0.15) is 26.2 Å². The van der Waals surface area contributed by atoms with Crippen molar-refractivity contribution in [2.24, 2.45) is 10.9 Å². The molecule has 0 spiro atoms. The summed E-state index contributed by atoms with van der Waals surface area (Å²) in [6.07, 6.45) is 7.56. The van der Waals surface area contributed by atoms with Crippen molar-refractivity contribution < 1.29 is 0 Å². The van der Waals surface area contributed by atoms with E-state index in [1.807, 2.05) is 6.08 Å². The predicted octanol–water partition coefficient (Wildman–Crippen LogP) is 2.84. The van der Waals surface area contributed by atoms with E-state index in [0.717, 1.165) is 24.8 Å². The van der Waals surface area contributed by atoms with Crippen LogP contribution in [0, 0.1) is 5.92 Å². The normalized spacial score (nSPS) is 19.5. The van der Waals surface area contributed by atoms with Gasteiger partial charge >= 0.3 is 0 Å². The molecule has 2 nitrogen and oxygen atoms in total. The lowest BCUT2D eigenvalue weighted by molar-refractivity contribution is 0.222. The van der Waals surface area contributed by atoms with E-state index < -0.39 is 0 Å². The average Bonchev–Trinajstić information content (AvgIpc) is 2.26. The molecule has 0 saturated carbocycles. The molecule has 0 aromatic carbocycles. The van der Waals surface area contributed by atoms with Crippen molar-refractivity contribution in [2.75, 3.05) is 13.1 Å². The van der Waals surface area contributed by atoms with Crippen molar-refractivity contribution in [1.82, 2.24) is 4.90 Å². The quantitative estimate of drug-likeness (QED) is 0.494. The van der Waals surface area contributed by atoms with Gasteiger partial charge in [-0.15, -0.1) is 0 Å². The van der Waals surface area contributed by atoms with Gasteiger partial charge in [0.15, 0.2) is 0 Å². The monoisotopic (exact) mass is 192 g/mol. The van der Waals surface area contributed by atoms with Gasteiger partial charge in [0.1, 0.15) is 5.82 Å². The van der Waals surface area contributed by atoms with E-state index in [1.165, 1.54) is 19.3 Å². The number of hydrogen-bond donors (Lipinski definition) is 0. The summed E-state index contributed by atoms with van der Waals surface area (Å²) in [5.41, 5.74) is 0. The highest BCUT2D eigenvalue weighted by Gasteiger charge is 2.18. The van der Waals surface area contributed by atoms with Crippen molar-refractivity contribution in [3.05, 3.63) is 24.6 Å². The van der Waals surface area contributed by atoms with Crippen LogP contribution >= 0.6 is 0 Å². The third kappa shape index (κ3) is 2.72. The lowest BCUT2D eigenvalue weighted by Crippen LogP contribution is -2.32. The molecule has 1 fully saturated rings. The highest BCUT2D eigenvalue weighted by molar-refractivity contribution is 5.29. The van der Waals surface area contributed by atoms with Gasteiger partial charge in [0, 0.05) is 13.1 Å². The molecule has 0 amide bonds. The molecular formula is C12H20N2. The van der Waals surface area contributed by atoms with Crippen molar-refractivity contribution in [3.8, 4) is 0 Å². The van der Waals surface area contributed by atoms with Crippen LogP contribution in [0.25, 0.3) is 0 Å². The number of allylic oxidation sites excluding steroid dienone is 2. The zero-order chi connectivity index (χ0) is 10.4. The van der Waals surface area contributed by atoms with E-state index in [1.54, 1.807) is 6.08 Å². The molecule has 0 N–H and O–H groups in total. The molecule has 0 aliphatic carbocycles. The van der Waals surface area contributed by atoms with Crippen molar-refractivity contribution in [2.45, 2.75) is 26.2 Å². The molecule has 1 aliphatic heterocycles. The number of hydrogen-bond acceptors (Lipinski definition) is 2. The Balaban J connectivity index is 2.51. The van der Waals surface area contributed by atoms with E-state index in [9.17, 15) is 0 Å². The van der Waals surface area contributed by atoms with Crippen molar-refractivity contribution >= 4 is 6.72 Å². The Kier molecular flexibility index (Phi) is 4.44. The Morgan fingerprint density at radius 3 is 2.57 bits per heavy atom. The molecule has 0 radical (unpaired) electrons. The molecule has 0 aromatic heterocycles. The Hall–Kier alpha value is -1.05. The summed E-state index contributed by atoms with van der Waals surface area (Å²) in [5.74, 6) is 1.87. The zero-order valence-electron chi connectivity index (χ0n) is 9.08. The Morgan fingerprint density at radius 1 is 1.50 bits per heavy atom. The summed E-state index contributed by atoms with van der Waals surface area (Å²) in [7, 11) is 0. The largest absolute Gasteiger partial charge is 0.357 e. The van der Waals surface area contributed by atoms with Gasteiger partial charge in [0.05, 0.1) is 0 Å². The van der Waals surface area contributed by atoms with Crippen LogP contribution in [0.2, 0.25) is 0 Å². The van der Waals surface area contributed by atoms with Gasteiger partial charge < -0.3 is 4.90 Å². The smallest absolute Gasteiger partial charge is 0.127 e. The molecule has 1 heterocycles. The fraction of sp³-hybridized carbons (Fsp3) is 0.583. The zero-order valence-corrected chi connectivity index (χ0v) is 9.08. The van der Waals surface area contributed by atoms with E-state index in [2.05, 4.69) is 30.1 Å². The third-order valence-corrected chi connectivity index (χ3v) is 2.94. The highest BCUT2D eigenvalue weighted by Crippen LogP contribution is 2.22. The van der Waals surface area contributed by atoms with Gasteiger partial charge in [-0.2, -0.15) is 0 Å². The summed E-state index contributed by atoms with van der Waals surface area (Å²) in [6, 6.07) is 0. The van der Waals surface area contributed by atoms with Crippen LogP contribution in [0.15, 0.2) is 29.5 Å². The molecule has 0 bridgehead atoms. The van der Waals surface area contributed by atoms with E-state index in [-0.39, 0.29) is 0 Å². The fourth-order valence-electron chi connectivity index (χ4n) is 1.93. The first-order valence-corrected chi connectivity index (χ1v) is 5.36. The minimum Gasteiger partial charge on any atom is -0.357 e. The number of piperidine rings is 1. The first-order valence-electron chi connectivity index (χ1n) is 5.36. The second-order valence-corrected chi connectivity index (χ2v) is 3.76. The topological polar surface area (TPSA) is 15.6 Å². The van der Waals surface area contributed by atoms with Gasteiger partial charge in [-0.1, -0.05) is 26.0 Å². The lowest BCUT2D eigenvalue weighted by Gasteiger charge is -2.32. The molecular weight excluding hydrogens is 172 g/mol. The number of likely N-dealkylation sites (tertiary alicyclic amines) is 1. The van der Waals surface area contributed by atoms with Gasteiger partial charge in [0.2, 0.25) is 0 Å². The minimum absolute atomic E-state index is 0.904. The molecule has 0 aromatic rings. The molecule has 78 valence electrons. The van der Waals surface area contributed by atoms with Crippen LogP contribution in [0.3, 0.4) is 0 Å². The third-order valence-electron chi connectivity index (χ3n) is 2.94. The standard InChI is InChI=1S/C12H20N2/c1-4-6-12(13-3)14-9-7-11(5-2)8-10-14/h4,6,11H,1,3,5,7-10H2,2H3/b12-6+. The van der Waals surface area contributed by atoms with Crippen molar-refractivity contribution in [1.29, 1.82) is 0 Å². The Labute approximate surface area is 87.0 Å². The average molecular weight is 192 g/mol. The van der Waals surface area contributed by atoms with Crippen LogP contribution < -0.4 is 0 Å². The molecule has 1 aliphatic rings. The summed E-state index contributed by atoms with van der Waals surface area (Å²) >= 11 is 0. The van der Waals surface area contributed by atoms with Crippen LogP contribution in [-0.4, -0.2) is 24.7 Å². The minimum atomic E-state index is 0.904. The number of rotatable bonds is 4. The SMILES string of the molecule is C=C/C=C(\N=C)N1CCC(CC)CC1. The molecule has 1 saturated heterocycles. The van der Waals surface area contributed by atoms with Crippen LogP contribution in [0.4, 0.5) is 0 Å². The maximum Gasteiger partial charge on any atom is 0.127 e. The maximum absolute atomic E-state index is 4.02. The summed E-state index contributed by atoms with van der Waals surface area (Å²) in [6.45, 7) is 11.8. The molecule has 14 heavy (non-hydrogen) atoms. The van der Waals surface area contributed by atoms with Crippen LogP contribution in [0.5, 0.6) is 0 Å². The molecule has 0 atom stereocenters. The number of aliphatic imine (C=N–C) groups is 1. The predicted molar refractivity (Wildman–Crippen MR) is 62.4 cm³/mol. The summed E-state index contributed by atoms with van der Waals surface area (Å²) in [5, 5.41) is 0. The van der Waals surface area contributed by atoms with E-state index >= 15 is 0 Å². The fourth-order valence-corrected chi connectivity index (χ4v) is 1.93.